The third-order valence-electron chi connectivity index (χ3n) is 4.99. The van der Waals surface area contributed by atoms with Gasteiger partial charge in [-0.3, -0.25) is 0 Å². The van der Waals surface area contributed by atoms with E-state index in [1.807, 2.05) is 18.2 Å². The van der Waals surface area contributed by atoms with Crippen LogP contribution < -0.4 is 9.46 Å². The van der Waals surface area contributed by atoms with Crippen LogP contribution in [0.4, 0.5) is 0 Å². The highest BCUT2D eigenvalue weighted by Crippen LogP contribution is 2.43. The fourth-order valence-electron chi connectivity index (χ4n) is 3.24. The summed E-state index contributed by atoms with van der Waals surface area (Å²) in [6, 6.07) is 16.6. The zero-order valence-corrected chi connectivity index (χ0v) is 15.8. The zero-order valence-electron chi connectivity index (χ0n) is 15.0. The van der Waals surface area contributed by atoms with E-state index < -0.39 is 10.0 Å². The maximum absolute atomic E-state index is 12.6. The van der Waals surface area contributed by atoms with Crippen molar-refractivity contribution in [3.63, 3.8) is 0 Å². The standard InChI is InChI=1S/C20H25NO4S/c1-24-14-15-25-18-8-10-19(11-9-18)26(22,23)21-16-20(12-5-13-20)17-6-3-2-4-7-17/h2-4,6-11,21H,5,12-16H2,1H3. The monoisotopic (exact) mass is 375 g/mol. The van der Waals surface area contributed by atoms with Gasteiger partial charge in [0.15, 0.2) is 0 Å². The quantitative estimate of drug-likeness (QED) is 0.684. The average molecular weight is 375 g/mol. The number of benzene rings is 2. The van der Waals surface area contributed by atoms with Crippen molar-refractivity contribution >= 4 is 10.0 Å². The Hall–Kier alpha value is -1.89. The van der Waals surface area contributed by atoms with Gasteiger partial charge in [-0.2, -0.15) is 0 Å². The predicted octanol–water partition coefficient (Wildman–Crippen LogP) is 3.11. The van der Waals surface area contributed by atoms with Crippen molar-refractivity contribution in [1.29, 1.82) is 0 Å². The summed E-state index contributed by atoms with van der Waals surface area (Å²) in [6.07, 6.45) is 3.14. The van der Waals surface area contributed by atoms with Crippen LogP contribution in [0.2, 0.25) is 0 Å². The van der Waals surface area contributed by atoms with Gasteiger partial charge in [0.2, 0.25) is 10.0 Å². The van der Waals surface area contributed by atoms with Crippen molar-refractivity contribution < 1.29 is 17.9 Å². The van der Waals surface area contributed by atoms with E-state index in [9.17, 15) is 8.42 Å². The van der Waals surface area contributed by atoms with Crippen LogP contribution in [0.3, 0.4) is 0 Å². The van der Waals surface area contributed by atoms with E-state index in [-0.39, 0.29) is 10.3 Å². The molecule has 140 valence electrons. The lowest BCUT2D eigenvalue weighted by Gasteiger charge is -2.42. The van der Waals surface area contributed by atoms with E-state index in [1.165, 1.54) is 5.56 Å². The van der Waals surface area contributed by atoms with Gasteiger partial charge in [-0.1, -0.05) is 36.8 Å². The number of hydrogen-bond acceptors (Lipinski definition) is 4. The molecular formula is C20H25NO4S. The Morgan fingerprint density at radius 1 is 1.00 bits per heavy atom. The molecule has 0 radical (unpaired) electrons. The lowest BCUT2D eigenvalue weighted by molar-refractivity contribution is 0.146. The first kappa shape index (κ1) is 18.9. The Bertz CT molecular complexity index is 799. The van der Waals surface area contributed by atoms with Crippen LogP contribution >= 0.6 is 0 Å². The first-order valence-electron chi connectivity index (χ1n) is 8.83. The number of hydrogen-bond donors (Lipinski definition) is 1. The molecule has 0 spiro atoms. The predicted molar refractivity (Wildman–Crippen MR) is 101 cm³/mol. The Morgan fingerprint density at radius 3 is 2.27 bits per heavy atom. The van der Waals surface area contributed by atoms with Gasteiger partial charge < -0.3 is 9.47 Å². The third kappa shape index (κ3) is 4.26. The van der Waals surface area contributed by atoms with Gasteiger partial charge in [0, 0.05) is 19.1 Å². The van der Waals surface area contributed by atoms with Crippen molar-refractivity contribution in [3.8, 4) is 5.75 Å². The number of ether oxygens (including phenoxy) is 2. The van der Waals surface area contributed by atoms with Gasteiger partial charge in [0.25, 0.3) is 0 Å². The summed E-state index contributed by atoms with van der Waals surface area (Å²) in [7, 11) is -1.94. The molecule has 1 saturated carbocycles. The summed E-state index contributed by atoms with van der Waals surface area (Å²) in [4.78, 5) is 0.249. The molecule has 3 rings (SSSR count). The van der Waals surface area contributed by atoms with Crippen LogP contribution in [0.15, 0.2) is 59.5 Å². The normalized spacial score (nSPS) is 16.0. The second kappa shape index (κ2) is 8.20. The Kier molecular flexibility index (Phi) is 5.96. The minimum Gasteiger partial charge on any atom is -0.491 e. The lowest BCUT2D eigenvalue weighted by atomic mass is 9.64. The molecule has 1 aliphatic rings. The second-order valence-electron chi connectivity index (χ2n) is 6.64. The van der Waals surface area contributed by atoms with E-state index in [0.717, 1.165) is 19.3 Å². The molecule has 1 aliphatic carbocycles. The van der Waals surface area contributed by atoms with Crippen LogP contribution in [0.25, 0.3) is 0 Å². The van der Waals surface area contributed by atoms with Crippen molar-refractivity contribution in [2.75, 3.05) is 26.9 Å². The Morgan fingerprint density at radius 2 is 1.69 bits per heavy atom. The van der Waals surface area contributed by atoms with Crippen LogP contribution in [0.1, 0.15) is 24.8 Å². The molecular weight excluding hydrogens is 350 g/mol. The smallest absolute Gasteiger partial charge is 0.240 e. The van der Waals surface area contributed by atoms with Gasteiger partial charge in [-0.05, 0) is 42.7 Å². The van der Waals surface area contributed by atoms with Gasteiger partial charge in [0.05, 0.1) is 11.5 Å². The van der Waals surface area contributed by atoms with Gasteiger partial charge in [-0.15, -0.1) is 0 Å². The highest BCUT2D eigenvalue weighted by Gasteiger charge is 2.39. The summed E-state index contributed by atoms with van der Waals surface area (Å²) < 4.78 is 38.5. The van der Waals surface area contributed by atoms with E-state index in [2.05, 4.69) is 16.9 Å². The van der Waals surface area contributed by atoms with Crippen LogP contribution in [0, 0.1) is 0 Å². The highest BCUT2D eigenvalue weighted by molar-refractivity contribution is 7.89. The minimum absolute atomic E-state index is 0.0858. The van der Waals surface area contributed by atoms with Crippen molar-refractivity contribution in [2.45, 2.75) is 29.6 Å². The van der Waals surface area contributed by atoms with E-state index in [0.29, 0.717) is 25.5 Å². The molecule has 0 atom stereocenters. The van der Waals surface area contributed by atoms with Crippen molar-refractivity contribution in [1.82, 2.24) is 4.72 Å². The lowest BCUT2D eigenvalue weighted by Crippen LogP contribution is -2.45. The van der Waals surface area contributed by atoms with Crippen LogP contribution in [-0.4, -0.2) is 35.3 Å². The molecule has 5 nitrogen and oxygen atoms in total. The summed E-state index contributed by atoms with van der Waals surface area (Å²) in [6.45, 7) is 1.34. The molecule has 0 saturated heterocycles. The summed E-state index contributed by atoms with van der Waals surface area (Å²) in [5.41, 5.74) is 1.12. The third-order valence-corrected chi connectivity index (χ3v) is 6.40. The first-order valence-corrected chi connectivity index (χ1v) is 10.3. The molecule has 0 aliphatic heterocycles. The Labute approximate surface area is 155 Å². The van der Waals surface area contributed by atoms with Crippen molar-refractivity contribution in [2.24, 2.45) is 0 Å². The topological polar surface area (TPSA) is 64.6 Å². The largest absolute Gasteiger partial charge is 0.491 e. The van der Waals surface area contributed by atoms with Gasteiger partial charge >= 0.3 is 0 Å². The average Bonchev–Trinajstić information content (AvgIpc) is 2.62. The fourth-order valence-corrected chi connectivity index (χ4v) is 4.36. The fraction of sp³-hybridized carbons (Fsp3) is 0.400. The minimum atomic E-state index is -3.55. The number of rotatable bonds is 9. The number of nitrogens with one attached hydrogen (secondary N) is 1. The molecule has 1 N–H and O–H groups in total. The summed E-state index contributed by atoms with van der Waals surface area (Å²) >= 11 is 0. The van der Waals surface area contributed by atoms with E-state index in [4.69, 9.17) is 9.47 Å². The van der Waals surface area contributed by atoms with E-state index >= 15 is 0 Å². The second-order valence-corrected chi connectivity index (χ2v) is 8.40. The molecule has 2 aromatic carbocycles. The molecule has 26 heavy (non-hydrogen) atoms. The van der Waals surface area contributed by atoms with Crippen molar-refractivity contribution in [3.05, 3.63) is 60.2 Å². The van der Waals surface area contributed by atoms with Crippen LogP contribution in [-0.2, 0) is 20.2 Å². The first-order chi connectivity index (χ1) is 12.6. The molecule has 2 aromatic rings. The molecule has 6 heteroatoms. The number of sulfonamides is 1. The summed E-state index contributed by atoms with van der Waals surface area (Å²) in [5, 5.41) is 0. The van der Waals surface area contributed by atoms with Crippen LogP contribution in [0.5, 0.6) is 5.75 Å². The maximum Gasteiger partial charge on any atom is 0.240 e. The molecule has 1 fully saturated rings. The zero-order chi connectivity index (χ0) is 18.5. The Balaban J connectivity index is 1.65. The molecule has 0 bridgehead atoms. The SMILES string of the molecule is COCCOc1ccc(S(=O)(=O)NCC2(c3ccccc3)CCC2)cc1. The highest BCUT2D eigenvalue weighted by atomic mass is 32.2. The van der Waals surface area contributed by atoms with E-state index in [1.54, 1.807) is 31.4 Å². The molecule has 0 amide bonds. The van der Waals surface area contributed by atoms with Gasteiger partial charge in [0.1, 0.15) is 12.4 Å². The molecule has 0 aromatic heterocycles. The molecule has 0 unspecified atom stereocenters. The number of methoxy groups -OCH3 is 1. The summed E-state index contributed by atoms with van der Waals surface area (Å²) in [5.74, 6) is 0.626. The maximum atomic E-state index is 12.6. The molecule has 0 heterocycles. The van der Waals surface area contributed by atoms with Gasteiger partial charge in [-0.25, -0.2) is 13.1 Å².